The van der Waals surface area contributed by atoms with Gasteiger partial charge < -0.3 is 5.32 Å². The number of fused-ring (bicyclic) bond motifs is 1. The first-order valence-corrected chi connectivity index (χ1v) is 15.1. The van der Waals surface area contributed by atoms with Crippen LogP contribution in [0.3, 0.4) is 0 Å². The van der Waals surface area contributed by atoms with E-state index in [0.29, 0.717) is 37.5 Å². The highest BCUT2D eigenvalue weighted by molar-refractivity contribution is 7.88. The number of nitrogens with zero attached hydrogens (tertiary/aromatic N) is 2. The van der Waals surface area contributed by atoms with Crippen molar-refractivity contribution in [2.75, 3.05) is 32.4 Å². The standard InChI is InChI=1S/C27H43N3O3S/c1-19(2)26-25-10-9-23(15-24(25)18-29(26)17-22-7-5-20(3)6-8-22)27(31)28-16-21-11-13-30(14-12-21)34(4,32)33/h9-10,15,19-22,26H,5-8,11-14,16-18H2,1-4H3,(H,28,31)/t20-,22-,26-/m1/s1. The van der Waals surface area contributed by atoms with Crippen LogP contribution in [0.1, 0.15) is 86.8 Å². The lowest BCUT2D eigenvalue weighted by molar-refractivity contribution is 0.0941. The molecular formula is C27H43N3O3S. The van der Waals surface area contributed by atoms with Gasteiger partial charge in [-0.15, -0.1) is 0 Å². The van der Waals surface area contributed by atoms with Gasteiger partial charge >= 0.3 is 0 Å². The monoisotopic (exact) mass is 489 g/mol. The minimum atomic E-state index is -3.11. The Balaban J connectivity index is 1.35. The van der Waals surface area contributed by atoms with Crippen LogP contribution in [-0.4, -0.2) is 56.0 Å². The summed E-state index contributed by atoms with van der Waals surface area (Å²) in [7, 11) is -3.11. The van der Waals surface area contributed by atoms with E-state index < -0.39 is 10.0 Å². The fourth-order valence-electron chi connectivity index (χ4n) is 6.27. The quantitative estimate of drug-likeness (QED) is 0.615. The number of hydrogen-bond acceptors (Lipinski definition) is 4. The molecule has 1 amide bonds. The van der Waals surface area contributed by atoms with E-state index in [1.165, 1.54) is 47.4 Å². The largest absolute Gasteiger partial charge is 0.352 e. The molecule has 2 fully saturated rings. The molecule has 0 bridgehead atoms. The Bertz CT molecular complexity index is 961. The second-order valence-corrected chi connectivity index (χ2v) is 13.5. The van der Waals surface area contributed by atoms with E-state index in [1.807, 2.05) is 6.07 Å². The molecule has 1 atom stereocenters. The van der Waals surface area contributed by atoms with Crippen molar-refractivity contribution in [2.45, 2.75) is 71.9 Å². The predicted octanol–water partition coefficient (Wildman–Crippen LogP) is 4.43. The van der Waals surface area contributed by atoms with E-state index >= 15 is 0 Å². The number of benzene rings is 1. The Morgan fingerprint density at radius 3 is 2.35 bits per heavy atom. The van der Waals surface area contributed by atoms with Crippen LogP contribution in [0.25, 0.3) is 0 Å². The maximum absolute atomic E-state index is 12.9. The Hall–Kier alpha value is -1.44. The predicted molar refractivity (Wildman–Crippen MR) is 137 cm³/mol. The molecule has 6 nitrogen and oxygen atoms in total. The molecule has 1 N–H and O–H groups in total. The minimum absolute atomic E-state index is 0.0193. The fourth-order valence-corrected chi connectivity index (χ4v) is 7.15. The third-order valence-electron chi connectivity index (χ3n) is 8.34. The van der Waals surface area contributed by atoms with Gasteiger partial charge in [-0.05, 0) is 72.6 Å². The van der Waals surface area contributed by atoms with Crippen LogP contribution in [0.5, 0.6) is 0 Å². The maximum atomic E-state index is 12.9. The third kappa shape index (κ3) is 6.03. The molecule has 4 rings (SSSR count). The Labute approximate surface area is 206 Å². The van der Waals surface area contributed by atoms with Crippen LogP contribution < -0.4 is 5.32 Å². The van der Waals surface area contributed by atoms with Gasteiger partial charge in [0, 0.05) is 44.3 Å². The molecule has 2 aliphatic heterocycles. The SMILES string of the molecule is CC(C)[C@@H]1c2ccc(C(=O)NCC3CCN(S(C)(=O)=O)CC3)cc2CN1C[C@H]1CC[C@H](C)CC1. The highest BCUT2D eigenvalue weighted by Gasteiger charge is 2.34. The normalized spacial score (nSPS) is 27.1. The second kappa shape index (κ2) is 10.7. The number of sulfonamides is 1. The van der Waals surface area contributed by atoms with Gasteiger partial charge in [0.05, 0.1) is 6.26 Å². The zero-order valence-electron chi connectivity index (χ0n) is 21.4. The zero-order valence-corrected chi connectivity index (χ0v) is 22.2. The van der Waals surface area contributed by atoms with Crippen molar-refractivity contribution in [1.82, 2.24) is 14.5 Å². The van der Waals surface area contributed by atoms with Crippen molar-refractivity contribution in [3.8, 4) is 0 Å². The molecule has 1 aromatic rings. The number of amides is 1. The molecule has 0 aromatic heterocycles. The van der Waals surface area contributed by atoms with E-state index in [1.54, 1.807) is 0 Å². The van der Waals surface area contributed by atoms with Gasteiger partial charge in [-0.25, -0.2) is 12.7 Å². The highest BCUT2D eigenvalue weighted by atomic mass is 32.2. The van der Waals surface area contributed by atoms with Crippen LogP contribution in [0.4, 0.5) is 0 Å². The molecule has 1 saturated carbocycles. The van der Waals surface area contributed by atoms with Crippen molar-refractivity contribution < 1.29 is 13.2 Å². The van der Waals surface area contributed by atoms with E-state index in [4.69, 9.17) is 0 Å². The van der Waals surface area contributed by atoms with Crippen molar-refractivity contribution >= 4 is 15.9 Å². The number of hydrogen-bond donors (Lipinski definition) is 1. The zero-order chi connectivity index (χ0) is 24.5. The van der Waals surface area contributed by atoms with Gasteiger partial charge in [0.25, 0.3) is 5.91 Å². The number of carbonyl (C=O) groups excluding carboxylic acids is 1. The van der Waals surface area contributed by atoms with Crippen LogP contribution in [-0.2, 0) is 16.6 Å². The lowest BCUT2D eigenvalue weighted by atomic mass is 9.82. The van der Waals surface area contributed by atoms with Crippen LogP contribution in [0.2, 0.25) is 0 Å². The van der Waals surface area contributed by atoms with E-state index in [2.05, 4.69) is 43.1 Å². The number of carbonyl (C=O) groups is 1. The summed E-state index contributed by atoms with van der Waals surface area (Å²) in [6.07, 6.45) is 8.25. The Morgan fingerprint density at radius 2 is 1.74 bits per heavy atom. The average molecular weight is 490 g/mol. The van der Waals surface area contributed by atoms with Crippen molar-refractivity contribution in [3.05, 3.63) is 34.9 Å². The van der Waals surface area contributed by atoms with Crippen LogP contribution in [0.15, 0.2) is 18.2 Å². The Kier molecular flexibility index (Phi) is 8.05. The number of piperidine rings is 1. The number of rotatable bonds is 7. The lowest BCUT2D eigenvalue weighted by Crippen LogP contribution is -2.41. The lowest BCUT2D eigenvalue weighted by Gasteiger charge is -2.34. The molecule has 0 unspecified atom stereocenters. The summed E-state index contributed by atoms with van der Waals surface area (Å²) in [6.45, 7) is 10.8. The molecule has 1 saturated heterocycles. The number of nitrogens with one attached hydrogen (secondary N) is 1. The molecule has 1 aliphatic carbocycles. The van der Waals surface area contributed by atoms with Crippen molar-refractivity contribution in [2.24, 2.45) is 23.7 Å². The van der Waals surface area contributed by atoms with Gasteiger partial charge in [-0.1, -0.05) is 39.7 Å². The molecule has 0 spiro atoms. The van der Waals surface area contributed by atoms with Gasteiger partial charge in [0.15, 0.2) is 0 Å². The van der Waals surface area contributed by atoms with Gasteiger partial charge in [-0.2, -0.15) is 0 Å². The Morgan fingerprint density at radius 1 is 1.06 bits per heavy atom. The van der Waals surface area contributed by atoms with Gasteiger partial charge in [0.2, 0.25) is 10.0 Å². The first-order chi connectivity index (χ1) is 16.1. The summed E-state index contributed by atoms with van der Waals surface area (Å²) in [4.78, 5) is 15.6. The summed E-state index contributed by atoms with van der Waals surface area (Å²) in [5, 5.41) is 3.11. The summed E-state index contributed by atoms with van der Waals surface area (Å²) in [5.41, 5.74) is 3.43. The van der Waals surface area contributed by atoms with Crippen molar-refractivity contribution in [3.63, 3.8) is 0 Å². The van der Waals surface area contributed by atoms with Crippen LogP contribution in [0, 0.1) is 23.7 Å². The highest BCUT2D eigenvalue weighted by Crippen LogP contribution is 2.41. The first-order valence-electron chi connectivity index (χ1n) is 13.2. The topological polar surface area (TPSA) is 69.7 Å². The first kappa shape index (κ1) is 25.6. The molecule has 0 radical (unpaired) electrons. The van der Waals surface area contributed by atoms with Crippen molar-refractivity contribution in [1.29, 1.82) is 0 Å². The molecule has 34 heavy (non-hydrogen) atoms. The maximum Gasteiger partial charge on any atom is 0.251 e. The molecule has 3 aliphatic rings. The molecular weight excluding hydrogens is 446 g/mol. The van der Waals surface area contributed by atoms with Gasteiger partial charge in [-0.3, -0.25) is 9.69 Å². The smallest absolute Gasteiger partial charge is 0.251 e. The summed E-state index contributed by atoms with van der Waals surface area (Å²) in [6, 6.07) is 6.71. The summed E-state index contributed by atoms with van der Waals surface area (Å²) < 4.78 is 24.9. The summed E-state index contributed by atoms with van der Waals surface area (Å²) >= 11 is 0. The molecule has 1 aromatic carbocycles. The molecule has 190 valence electrons. The van der Waals surface area contributed by atoms with Gasteiger partial charge in [0.1, 0.15) is 0 Å². The van der Waals surface area contributed by atoms with E-state index in [-0.39, 0.29) is 5.91 Å². The summed E-state index contributed by atoms with van der Waals surface area (Å²) in [5.74, 6) is 2.52. The molecule has 2 heterocycles. The second-order valence-electron chi connectivity index (χ2n) is 11.5. The van der Waals surface area contributed by atoms with E-state index in [0.717, 1.165) is 43.3 Å². The third-order valence-corrected chi connectivity index (χ3v) is 9.65. The van der Waals surface area contributed by atoms with E-state index in [9.17, 15) is 13.2 Å². The minimum Gasteiger partial charge on any atom is -0.352 e. The van der Waals surface area contributed by atoms with Crippen LogP contribution >= 0.6 is 0 Å². The fraction of sp³-hybridized carbons (Fsp3) is 0.741. The average Bonchev–Trinajstić information content (AvgIpc) is 3.16. The molecule has 7 heteroatoms.